The summed E-state index contributed by atoms with van der Waals surface area (Å²) in [6.45, 7) is 4.10. The number of fused-ring (bicyclic) bond motifs is 1. The molecule has 2 aromatic rings. The van der Waals surface area contributed by atoms with E-state index in [0.717, 1.165) is 31.4 Å². The Labute approximate surface area is 105 Å². The summed E-state index contributed by atoms with van der Waals surface area (Å²) >= 11 is 0. The standard InChI is InChI=1S/C13H17N3O2/c1-2-15-7-3-4-12(15)16-11-6-5-9(17)8-10(11)14-13(16)18/h5-6,8,12,17H,2-4,7H2,1H3,(H,14,18). The van der Waals surface area contributed by atoms with Crippen LogP contribution in [0.5, 0.6) is 5.75 Å². The Morgan fingerprint density at radius 1 is 1.50 bits per heavy atom. The molecule has 0 saturated carbocycles. The summed E-state index contributed by atoms with van der Waals surface area (Å²) in [6, 6.07) is 5.02. The van der Waals surface area contributed by atoms with Gasteiger partial charge in [-0.05, 0) is 31.5 Å². The van der Waals surface area contributed by atoms with Crippen molar-refractivity contribution >= 4 is 11.0 Å². The Kier molecular flexibility index (Phi) is 2.63. The van der Waals surface area contributed by atoms with E-state index in [2.05, 4.69) is 16.8 Å². The van der Waals surface area contributed by atoms with Gasteiger partial charge in [0.05, 0.1) is 17.2 Å². The Morgan fingerprint density at radius 3 is 3.11 bits per heavy atom. The van der Waals surface area contributed by atoms with Crippen molar-refractivity contribution in [2.45, 2.75) is 25.9 Å². The molecule has 18 heavy (non-hydrogen) atoms. The number of H-pyrrole nitrogens is 1. The number of imidazole rings is 1. The molecule has 1 fully saturated rings. The molecule has 0 bridgehead atoms. The van der Waals surface area contributed by atoms with Gasteiger partial charge in [-0.3, -0.25) is 9.47 Å². The molecular weight excluding hydrogens is 230 g/mol. The van der Waals surface area contributed by atoms with Crippen molar-refractivity contribution in [1.82, 2.24) is 14.5 Å². The lowest BCUT2D eigenvalue weighted by molar-refractivity contribution is 0.204. The van der Waals surface area contributed by atoms with Crippen LogP contribution in [0.4, 0.5) is 0 Å². The second kappa shape index (κ2) is 4.17. The van der Waals surface area contributed by atoms with Crippen LogP contribution < -0.4 is 5.69 Å². The molecule has 1 saturated heterocycles. The summed E-state index contributed by atoms with van der Waals surface area (Å²) in [5, 5.41) is 9.45. The monoisotopic (exact) mass is 247 g/mol. The lowest BCUT2D eigenvalue weighted by Gasteiger charge is -2.23. The third kappa shape index (κ3) is 1.62. The molecule has 3 rings (SSSR count). The smallest absolute Gasteiger partial charge is 0.327 e. The third-order valence-corrected chi connectivity index (χ3v) is 3.73. The molecule has 0 aliphatic carbocycles. The Bertz CT molecular complexity index is 629. The number of benzene rings is 1. The predicted molar refractivity (Wildman–Crippen MR) is 69.7 cm³/mol. The molecule has 2 N–H and O–H groups in total. The average molecular weight is 247 g/mol. The fourth-order valence-corrected chi connectivity index (χ4v) is 2.88. The van der Waals surface area contributed by atoms with E-state index in [9.17, 15) is 9.90 Å². The minimum atomic E-state index is -0.0963. The van der Waals surface area contributed by atoms with Crippen LogP contribution in [0.1, 0.15) is 25.9 Å². The van der Waals surface area contributed by atoms with Gasteiger partial charge in [-0.25, -0.2) is 4.79 Å². The first kappa shape index (κ1) is 11.3. The minimum absolute atomic E-state index is 0.0963. The number of rotatable bonds is 2. The first-order chi connectivity index (χ1) is 8.70. The molecule has 1 aliphatic rings. The molecule has 2 heterocycles. The van der Waals surface area contributed by atoms with E-state index in [4.69, 9.17) is 0 Å². The number of aromatic nitrogens is 2. The third-order valence-electron chi connectivity index (χ3n) is 3.73. The van der Waals surface area contributed by atoms with Crippen molar-refractivity contribution in [2.75, 3.05) is 13.1 Å². The second-order valence-corrected chi connectivity index (χ2v) is 4.75. The zero-order valence-electron chi connectivity index (χ0n) is 10.4. The molecule has 0 amide bonds. The van der Waals surface area contributed by atoms with Gasteiger partial charge < -0.3 is 10.1 Å². The van der Waals surface area contributed by atoms with Crippen LogP contribution in [-0.2, 0) is 0 Å². The van der Waals surface area contributed by atoms with Crippen LogP contribution >= 0.6 is 0 Å². The van der Waals surface area contributed by atoms with E-state index in [1.165, 1.54) is 0 Å². The van der Waals surface area contributed by atoms with E-state index in [1.807, 2.05) is 4.57 Å². The maximum absolute atomic E-state index is 12.1. The number of nitrogens with one attached hydrogen (secondary N) is 1. The van der Waals surface area contributed by atoms with Gasteiger partial charge in [0.2, 0.25) is 0 Å². The molecular formula is C13H17N3O2. The number of phenolic OH excluding ortho intramolecular Hbond substituents is 1. The van der Waals surface area contributed by atoms with Crippen LogP contribution in [0.2, 0.25) is 0 Å². The zero-order chi connectivity index (χ0) is 12.7. The first-order valence-corrected chi connectivity index (χ1v) is 6.38. The van der Waals surface area contributed by atoms with Crippen molar-refractivity contribution < 1.29 is 5.11 Å². The van der Waals surface area contributed by atoms with Crippen LogP contribution in [0.25, 0.3) is 11.0 Å². The highest BCUT2D eigenvalue weighted by molar-refractivity contribution is 5.77. The van der Waals surface area contributed by atoms with E-state index < -0.39 is 0 Å². The van der Waals surface area contributed by atoms with Gasteiger partial charge in [-0.2, -0.15) is 0 Å². The Morgan fingerprint density at radius 2 is 2.33 bits per heavy atom. The topological polar surface area (TPSA) is 61.3 Å². The predicted octanol–water partition coefficient (Wildman–Crippen LogP) is 1.65. The van der Waals surface area contributed by atoms with E-state index in [0.29, 0.717) is 5.52 Å². The van der Waals surface area contributed by atoms with Gasteiger partial charge >= 0.3 is 5.69 Å². The van der Waals surface area contributed by atoms with Crippen LogP contribution in [0.3, 0.4) is 0 Å². The lowest BCUT2D eigenvalue weighted by atomic mass is 10.2. The van der Waals surface area contributed by atoms with Gasteiger partial charge in [0, 0.05) is 12.6 Å². The minimum Gasteiger partial charge on any atom is -0.508 e. The normalized spacial score (nSPS) is 20.8. The van der Waals surface area contributed by atoms with Crippen molar-refractivity contribution in [3.63, 3.8) is 0 Å². The number of aromatic amines is 1. The molecule has 5 nitrogen and oxygen atoms in total. The quantitative estimate of drug-likeness (QED) is 0.848. The zero-order valence-corrected chi connectivity index (χ0v) is 10.4. The summed E-state index contributed by atoms with van der Waals surface area (Å²) < 4.78 is 1.81. The highest BCUT2D eigenvalue weighted by Crippen LogP contribution is 2.28. The van der Waals surface area contributed by atoms with Crippen molar-refractivity contribution in [3.8, 4) is 5.75 Å². The van der Waals surface area contributed by atoms with Gasteiger partial charge in [-0.1, -0.05) is 6.92 Å². The van der Waals surface area contributed by atoms with Gasteiger partial charge in [0.1, 0.15) is 5.75 Å². The van der Waals surface area contributed by atoms with Gasteiger partial charge in [0.15, 0.2) is 0 Å². The Hall–Kier alpha value is -1.75. The van der Waals surface area contributed by atoms with Gasteiger partial charge in [0.25, 0.3) is 0 Å². The van der Waals surface area contributed by atoms with Crippen molar-refractivity contribution in [2.24, 2.45) is 0 Å². The number of aromatic hydroxyl groups is 1. The summed E-state index contributed by atoms with van der Waals surface area (Å²) in [5.74, 6) is 0.176. The molecule has 1 aromatic heterocycles. The summed E-state index contributed by atoms with van der Waals surface area (Å²) in [6.07, 6.45) is 2.26. The number of phenols is 1. The summed E-state index contributed by atoms with van der Waals surface area (Å²) in [5.41, 5.74) is 1.46. The maximum atomic E-state index is 12.1. The maximum Gasteiger partial charge on any atom is 0.327 e. The molecule has 0 spiro atoms. The number of hydrogen-bond acceptors (Lipinski definition) is 3. The highest BCUT2D eigenvalue weighted by Gasteiger charge is 2.27. The van der Waals surface area contributed by atoms with E-state index in [1.54, 1.807) is 18.2 Å². The van der Waals surface area contributed by atoms with E-state index >= 15 is 0 Å². The Balaban J connectivity index is 2.16. The fraction of sp³-hybridized carbons (Fsp3) is 0.462. The van der Waals surface area contributed by atoms with Crippen LogP contribution in [-0.4, -0.2) is 32.6 Å². The van der Waals surface area contributed by atoms with Crippen molar-refractivity contribution in [1.29, 1.82) is 0 Å². The molecule has 0 radical (unpaired) electrons. The SMILES string of the molecule is CCN1CCCC1n1c(=O)[nH]c2cc(O)ccc21. The molecule has 1 aliphatic heterocycles. The molecule has 1 unspecified atom stereocenters. The summed E-state index contributed by atoms with van der Waals surface area (Å²) in [7, 11) is 0. The van der Waals surface area contributed by atoms with Gasteiger partial charge in [-0.15, -0.1) is 0 Å². The summed E-state index contributed by atoms with van der Waals surface area (Å²) in [4.78, 5) is 17.2. The fourth-order valence-electron chi connectivity index (χ4n) is 2.88. The van der Waals surface area contributed by atoms with Crippen molar-refractivity contribution in [3.05, 3.63) is 28.7 Å². The number of likely N-dealkylation sites (tertiary alicyclic amines) is 1. The number of nitrogens with zero attached hydrogens (tertiary/aromatic N) is 2. The lowest BCUT2D eigenvalue weighted by Crippen LogP contribution is -2.32. The van der Waals surface area contributed by atoms with E-state index in [-0.39, 0.29) is 17.6 Å². The second-order valence-electron chi connectivity index (χ2n) is 4.75. The molecule has 1 atom stereocenters. The van der Waals surface area contributed by atoms with Crippen LogP contribution in [0.15, 0.2) is 23.0 Å². The largest absolute Gasteiger partial charge is 0.508 e. The molecule has 5 heteroatoms. The van der Waals surface area contributed by atoms with Crippen LogP contribution in [0, 0.1) is 0 Å². The number of hydrogen-bond donors (Lipinski definition) is 2. The molecule has 96 valence electrons. The first-order valence-electron chi connectivity index (χ1n) is 6.38. The highest BCUT2D eigenvalue weighted by atomic mass is 16.3. The molecule has 1 aromatic carbocycles. The average Bonchev–Trinajstić information content (AvgIpc) is 2.90.